The minimum Gasteiger partial charge on any atom is -0.411 e. The summed E-state index contributed by atoms with van der Waals surface area (Å²) in [4.78, 5) is 4.00. The van der Waals surface area contributed by atoms with Crippen LogP contribution in [0.4, 0.5) is 5.69 Å². The summed E-state index contributed by atoms with van der Waals surface area (Å²) in [5, 5.41) is 11.7. The van der Waals surface area contributed by atoms with Gasteiger partial charge in [0.15, 0.2) is 5.17 Å². The molecule has 0 saturated heterocycles. The number of hydrogen-bond acceptors (Lipinski definition) is 3. The fraction of sp³-hybridized carbons (Fsp3) is 0.111. The molecule has 0 aliphatic carbocycles. The van der Waals surface area contributed by atoms with Gasteiger partial charge in [0.2, 0.25) is 0 Å². The summed E-state index contributed by atoms with van der Waals surface area (Å²) in [6, 6.07) is 5.31. The molecule has 14 heavy (non-hydrogen) atoms. The van der Waals surface area contributed by atoms with E-state index in [0.717, 1.165) is 11.8 Å². The van der Waals surface area contributed by atoms with Crippen molar-refractivity contribution in [2.75, 3.05) is 0 Å². The van der Waals surface area contributed by atoms with Crippen LogP contribution in [-0.2, 0) is 0 Å². The third-order valence-electron chi connectivity index (χ3n) is 1.63. The Morgan fingerprint density at radius 3 is 2.86 bits per heavy atom. The van der Waals surface area contributed by atoms with E-state index >= 15 is 0 Å². The van der Waals surface area contributed by atoms with E-state index in [1.165, 1.54) is 0 Å². The van der Waals surface area contributed by atoms with Gasteiger partial charge in [-0.1, -0.05) is 34.4 Å². The molecule has 0 saturated carbocycles. The topological polar surface area (TPSA) is 45.0 Å². The molecule has 0 aliphatic heterocycles. The summed E-state index contributed by atoms with van der Waals surface area (Å²) in [6.45, 7) is 1.83. The smallest absolute Gasteiger partial charge is 0.151 e. The molecule has 0 radical (unpaired) electrons. The van der Waals surface area contributed by atoms with Gasteiger partial charge in [0.1, 0.15) is 6.21 Å². The monoisotopic (exact) mass is 230 g/mol. The predicted molar refractivity (Wildman–Crippen MR) is 59.4 cm³/mol. The van der Waals surface area contributed by atoms with Crippen LogP contribution in [0.1, 0.15) is 5.56 Å². The molecule has 74 valence electrons. The van der Waals surface area contributed by atoms with Gasteiger partial charge in [-0.25, -0.2) is 4.99 Å². The second-order valence-corrected chi connectivity index (χ2v) is 3.36. The molecule has 1 aromatic rings. The molecule has 1 rings (SSSR count). The van der Waals surface area contributed by atoms with Gasteiger partial charge in [-0.2, -0.15) is 0 Å². The van der Waals surface area contributed by atoms with Crippen LogP contribution >= 0.6 is 23.2 Å². The predicted octanol–water partition coefficient (Wildman–Crippen LogP) is 3.38. The van der Waals surface area contributed by atoms with Gasteiger partial charge in [0.25, 0.3) is 0 Å². The number of benzene rings is 1. The second kappa shape index (κ2) is 4.98. The lowest BCUT2D eigenvalue weighted by atomic mass is 10.2. The summed E-state index contributed by atoms with van der Waals surface area (Å²) in [5.74, 6) is 0. The van der Waals surface area contributed by atoms with Crippen molar-refractivity contribution in [3.63, 3.8) is 0 Å². The molecule has 0 atom stereocenters. The third kappa shape index (κ3) is 2.72. The van der Waals surface area contributed by atoms with Crippen molar-refractivity contribution < 1.29 is 5.21 Å². The largest absolute Gasteiger partial charge is 0.411 e. The lowest BCUT2D eigenvalue weighted by Crippen LogP contribution is -1.88. The van der Waals surface area contributed by atoms with Gasteiger partial charge >= 0.3 is 0 Å². The van der Waals surface area contributed by atoms with Crippen molar-refractivity contribution in [1.29, 1.82) is 0 Å². The van der Waals surface area contributed by atoms with Crippen LogP contribution in [0.15, 0.2) is 28.3 Å². The molecule has 0 unspecified atom stereocenters. The third-order valence-corrected chi connectivity index (χ3v) is 2.22. The van der Waals surface area contributed by atoms with E-state index in [-0.39, 0.29) is 5.17 Å². The lowest BCUT2D eigenvalue weighted by Gasteiger charge is -2.01. The fourth-order valence-electron chi connectivity index (χ4n) is 0.909. The molecule has 0 heterocycles. The van der Waals surface area contributed by atoms with Crippen molar-refractivity contribution in [3.05, 3.63) is 28.8 Å². The summed E-state index contributed by atoms with van der Waals surface area (Å²) in [5.41, 5.74) is 1.49. The molecule has 0 aliphatic rings. The number of oxime groups is 1. The van der Waals surface area contributed by atoms with Gasteiger partial charge < -0.3 is 5.21 Å². The first kappa shape index (κ1) is 11.0. The Balaban J connectivity index is 3.08. The number of halogens is 2. The summed E-state index contributed by atoms with van der Waals surface area (Å²) in [7, 11) is 0. The van der Waals surface area contributed by atoms with Crippen molar-refractivity contribution in [3.8, 4) is 0 Å². The Labute approximate surface area is 91.7 Å². The normalized spacial score (nSPS) is 12.4. The Morgan fingerprint density at radius 1 is 1.50 bits per heavy atom. The number of rotatable bonds is 2. The number of aliphatic imine (C=N–C) groups is 1. The van der Waals surface area contributed by atoms with E-state index < -0.39 is 0 Å². The van der Waals surface area contributed by atoms with Crippen LogP contribution < -0.4 is 0 Å². The standard InChI is InChI=1S/C9H8Cl2N2O/c1-6-7(10)3-2-4-8(6)13-9(11)5-12-14/h2-5,14H,1H3. The molecule has 1 aromatic carbocycles. The van der Waals surface area contributed by atoms with Crippen LogP contribution in [-0.4, -0.2) is 16.6 Å². The second-order valence-electron chi connectivity index (χ2n) is 2.56. The van der Waals surface area contributed by atoms with Crippen molar-refractivity contribution in [2.45, 2.75) is 6.92 Å². The first-order chi connectivity index (χ1) is 6.65. The highest BCUT2D eigenvalue weighted by Crippen LogP contribution is 2.25. The van der Waals surface area contributed by atoms with Gasteiger partial charge in [0, 0.05) is 5.02 Å². The van der Waals surface area contributed by atoms with Gasteiger partial charge in [0.05, 0.1) is 5.69 Å². The molecule has 3 nitrogen and oxygen atoms in total. The van der Waals surface area contributed by atoms with E-state index in [2.05, 4.69) is 10.1 Å². The van der Waals surface area contributed by atoms with Crippen molar-refractivity contribution >= 4 is 40.3 Å². The molecule has 1 N–H and O–H groups in total. The molecular weight excluding hydrogens is 223 g/mol. The molecule has 5 heteroatoms. The van der Waals surface area contributed by atoms with E-state index in [1.54, 1.807) is 18.2 Å². The maximum Gasteiger partial charge on any atom is 0.151 e. The van der Waals surface area contributed by atoms with E-state index in [0.29, 0.717) is 10.7 Å². The van der Waals surface area contributed by atoms with Gasteiger partial charge in [-0.05, 0) is 24.6 Å². The van der Waals surface area contributed by atoms with Crippen LogP contribution in [0.5, 0.6) is 0 Å². The molecule has 0 bridgehead atoms. The Hall–Kier alpha value is -1.06. The summed E-state index contributed by atoms with van der Waals surface area (Å²) in [6.07, 6.45) is 1.04. The highest BCUT2D eigenvalue weighted by atomic mass is 35.5. The quantitative estimate of drug-likeness (QED) is 0.473. The van der Waals surface area contributed by atoms with Gasteiger partial charge in [-0.3, -0.25) is 0 Å². The Kier molecular flexibility index (Phi) is 3.92. The summed E-state index contributed by atoms with van der Waals surface area (Å²) < 4.78 is 0. The van der Waals surface area contributed by atoms with E-state index in [9.17, 15) is 0 Å². The van der Waals surface area contributed by atoms with Gasteiger partial charge in [-0.15, -0.1) is 0 Å². The minimum atomic E-state index is 0.0952. The molecule has 0 spiro atoms. The van der Waals surface area contributed by atoms with Crippen molar-refractivity contribution in [1.82, 2.24) is 0 Å². The zero-order chi connectivity index (χ0) is 10.6. The SMILES string of the molecule is Cc1c(Cl)cccc1N=C(Cl)C=NO. The summed E-state index contributed by atoms with van der Waals surface area (Å²) >= 11 is 11.5. The van der Waals surface area contributed by atoms with Crippen LogP contribution in [0.3, 0.4) is 0 Å². The van der Waals surface area contributed by atoms with Crippen LogP contribution in [0.2, 0.25) is 5.02 Å². The van der Waals surface area contributed by atoms with Crippen LogP contribution in [0.25, 0.3) is 0 Å². The Bertz CT molecular complexity index is 388. The highest BCUT2D eigenvalue weighted by Gasteiger charge is 2.00. The molecule has 0 aromatic heterocycles. The molecular formula is C9H8Cl2N2O. The van der Waals surface area contributed by atoms with Crippen LogP contribution in [0, 0.1) is 6.92 Å². The fourth-order valence-corrected chi connectivity index (χ4v) is 1.21. The number of nitrogens with zero attached hydrogens (tertiary/aromatic N) is 2. The highest BCUT2D eigenvalue weighted by molar-refractivity contribution is 6.80. The van der Waals surface area contributed by atoms with E-state index in [1.807, 2.05) is 6.92 Å². The Morgan fingerprint density at radius 2 is 2.21 bits per heavy atom. The maximum atomic E-state index is 8.22. The zero-order valence-corrected chi connectivity index (χ0v) is 8.92. The average Bonchev–Trinajstić information content (AvgIpc) is 2.13. The number of hydrogen-bond donors (Lipinski definition) is 1. The first-order valence-electron chi connectivity index (χ1n) is 3.82. The minimum absolute atomic E-state index is 0.0952. The van der Waals surface area contributed by atoms with E-state index in [4.69, 9.17) is 28.4 Å². The molecule has 0 amide bonds. The maximum absolute atomic E-state index is 8.22. The lowest BCUT2D eigenvalue weighted by molar-refractivity contribution is 0.322. The zero-order valence-electron chi connectivity index (χ0n) is 7.41. The first-order valence-corrected chi connectivity index (χ1v) is 4.57. The average molecular weight is 231 g/mol. The van der Waals surface area contributed by atoms with Crippen molar-refractivity contribution in [2.24, 2.45) is 10.1 Å². The molecule has 0 fully saturated rings.